The van der Waals surface area contributed by atoms with E-state index in [2.05, 4.69) is 15.6 Å². The highest BCUT2D eigenvalue weighted by molar-refractivity contribution is 6.13. The fourth-order valence-electron chi connectivity index (χ4n) is 2.78. The standard InChI is InChI=1S/C20H21N3O4/c1-13-7-6-10-15-16(12-26-2)21-18(19(24)22-17(13)15)23-20(25)27-11-14-8-4-3-5-9-14/h3-10,18H,11-12H2,1-2H3,(H,22,24)(H,23,25). The Kier molecular flexibility index (Phi) is 5.83. The molecule has 1 unspecified atom stereocenters. The number of benzodiazepines with no additional fused rings is 1. The summed E-state index contributed by atoms with van der Waals surface area (Å²) in [5.41, 5.74) is 3.76. The Morgan fingerprint density at radius 2 is 1.93 bits per heavy atom. The van der Waals surface area contributed by atoms with Crippen LogP contribution in [0.5, 0.6) is 0 Å². The van der Waals surface area contributed by atoms with Gasteiger partial charge in [-0.25, -0.2) is 4.79 Å². The number of amides is 2. The molecule has 3 rings (SSSR count). The fourth-order valence-corrected chi connectivity index (χ4v) is 2.78. The molecule has 7 nitrogen and oxygen atoms in total. The second kappa shape index (κ2) is 8.46. The number of alkyl carbamates (subject to hydrolysis) is 1. The Morgan fingerprint density at radius 3 is 2.67 bits per heavy atom. The Morgan fingerprint density at radius 1 is 1.15 bits per heavy atom. The highest BCUT2D eigenvalue weighted by Gasteiger charge is 2.27. The molecule has 2 N–H and O–H groups in total. The predicted octanol–water partition coefficient (Wildman–Crippen LogP) is 2.64. The predicted molar refractivity (Wildman–Crippen MR) is 102 cm³/mol. The Balaban J connectivity index is 1.75. The van der Waals surface area contributed by atoms with Gasteiger partial charge in [-0.3, -0.25) is 15.1 Å². The number of ether oxygens (including phenoxy) is 2. The van der Waals surface area contributed by atoms with Gasteiger partial charge in [0.1, 0.15) is 6.61 Å². The molecule has 0 fully saturated rings. The fraction of sp³-hybridized carbons (Fsp3) is 0.250. The number of nitrogens with zero attached hydrogens (tertiary/aromatic N) is 1. The molecule has 0 spiro atoms. The van der Waals surface area contributed by atoms with Gasteiger partial charge in [0.15, 0.2) is 0 Å². The number of anilines is 1. The van der Waals surface area contributed by atoms with Gasteiger partial charge in [0, 0.05) is 12.7 Å². The second-order valence-electron chi connectivity index (χ2n) is 6.10. The van der Waals surface area contributed by atoms with E-state index >= 15 is 0 Å². The quantitative estimate of drug-likeness (QED) is 0.850. The number of methoxy groups -OCH3 is 1. The first-order valence-corrected chi connectivity index (χ1v) is 8.52. The molecule has 2 aromatic carbocycles. The van der Waals surface area contributed by atoms with Gasteiger partial charge in [-0.15, -0.1) is 0 Å². The van der Waals surface area contributed by atoms with Gasteiger partial charge in [0.2, 0.25) is 6.17 Å². The van der Waals surface area contributed by atoms with Gasteiger partial charge < -0.3 is 14.8 Å². The first-order valence-electron chi connectivity index (χ1n) is 8.52. The third-order valence-corrected chi connectivity index (χ3v) is 4.11. The van der Waals surface area contributed by atoms with Crippen LogP contribution in [0.1, 0.15) is 16.7 Å². The normalized spacial score (nSPS) is 15.9. The van der Waals surface area contributed by atoms with Crippen molar-refractivity contribution < 1.29 is 19.1 Å². The number of benzene rings is 2. The number of rotatable bonds is 5. The van der Waals surface area contributed by atoms with E-state index in [1.165, 1.54) is 0 Å². The van der Waals surface area contributed by atoms with Crippen LogP contribution in [0.15, 0.2) is 53.5 Å². The summed E-state index contributed by atoms with van der Waals surface area (Å²) in [6.07, 6.45) is -1.83. The zero-order chi connectivity index (χ0) is 19.2. The number of carbonyl (C=O) groups is 2. The van der Waals surface area contributed by atoms with Crippen LogP contribution in [0, 0.1) is 6.92 Å². The van der Waals surface area contributed by atoms with Crippen LogP contribution in [-0.2, 0) is 20.9 Å². The molecule has 7 heteroatoms. The van der Waals surface area contributed by atoms with Crippen molar-refractivity contribution in [1.82, 2.24) is 5.32 Å². The molecule has 1 atom stereocenters. The van der Waals surface area contributed by atoms with Crippen LogP contribution in [0.4, 0.5) is 10.5 Å². The molecule has 140 valence electrons. The van der Waals surface area contributed by atoms with Crippen LogP contribution >= 0.6 is 0 Å². The highest BCUT2D eigenvalue weighted by atomic mass is 16.5. The topological polar surface area (TPSA) is 89.0 Å². The maximum Gasteiger partial charge on any atom is 0.409 e. The number of para-hydroxylation sites is 1. The minimum absolute atomic E-state index is 0.106. The van der Waals surface area contributed by atoms with E-state index in [1.807, 2.05) is 55.5 Å². The molecule has 2 amide bonds. The maximum atomic E-state index is 12.6. The van der Waals surface area contributed by atoms with E-state index in [-0.39, 0.29) is 13.2 Å². The third kappa shape index (κ3) is 4.51. The van der Waals surface area contributed by atoms with Crippen molar-refractivity contribution in [3.8, 4) is 0 Å². The zero-order valence-corrected chi connectivity index (χ0v) is 15.2. The average molecular weight is 367 g/mol. The largest absolute Gasteiger partial charge is 0.445 e. The summed E-state index contributed by atoms with van der Waals surface area (Å²) in [4.78, 5) is 29.1. The van der Waals surface area contributed by atoms with Crippen molar-refractivity contribution in [3.05, 3.63) is 65.2 Å². The Bertz CT molecular complexity index is 865. The number of fused-ring (bicyclic) bond motifs is 1. The molecular formula is C20H21N3O4. The lowest BCUT2D eigenvalue weighted by molar-refractivity contribution is -0.117. The summed E-state index contributed by atoms with van der Waals surface area (Å²) in [5, 5.41) is 5.33. The molecule has 0 bridgehead atoms. The van der Waals surface area contributed by atoms with Gasteiger partial charge in [0.05, 0.1) is 18.0 Å². The van der Waals surface area contributed by atoms with E-state index in [0.717, 1.165) is 16.7 Å². The van der Waals surface area contributed by atoms with Crippen LogP contribution in [0.2, 0.25) is 0 Å². The van der Waals surface area contributed by atoms with Crippen molar-refractivity contribution in [2.75, 3.05) is 19.0 Å². The summed E-state index contributed by atoms with van der Waals surface area (Å²) in [7, 11) is 1.55. The highest BCUT2D eigenvalue weighted by Crippen LogP contribution is 2.24. The third-order valence-electron chi connectivity index (χ3n) is 4.11. The van der Waals surface area contributed by atoms with Gasteiger partial charge >= 0.3 is 6.09 Å². The average Bonchev–Trinajstić information content (AvgIpc) is 2.80. The first kappa shape index (κ1) is 18.6. The van der Waals surface area contributed by atoms with Crippen molar-refractivity contribution in [2.45, 2.75) is 19.7 Å². The van der Waals surface area contributed by atoms with Crippen LogP contribution < -0.4 is 10.6 Å². The summed E-state index contributed by atoms with van der Waals surface area (Å²) in [6.45, 7) is 2.21. The number of aryl methyl sites for hydroxylation is 1. The van der Waals surface area contributed by atoms with Crippen molar-refractivity contribution >= 4 is 23.4 Å². The maximum absolute atomic E-state index is 12.6. The number of aliphatic imine (C=N–C) groups is 1. The molecule has 1 aliphatic rings. The molecule has 1 aliphatic heterocycles. The summed E-state index contributed by atoms with van der Waals surface area (Å²) >= 11 is 0. The lowest BCUT2D eigenvalue weighted by Gasteiger charge is -2.14. The lowest BCUT2D eigenvalue weighted by atomic mass is 10.0. The minimum atomic E-state index is -1.11. The molecule has 1 heterocycles. The number of carbonyl (C=O) groups excluding carboxylic acids is 2. The van der Waals surface area contributed by atoms with Gasteiger partial charge in [-0.05, 0) is 18.1 Å². The monoisotopic (exact) mass is 367 g/mol. The van der Waals surface area contributed by atoms with Crippen molar-refractivity contribution in [3.63, 3.8) is 0 Å². The Labute approximate surface area is 157 Å². The molecule has 0 radical (unpaired) electrons. The molecule has 2 aromatic rings. The summed E-state index contributed by atoms with van der Waals surface area (Å²) in [5.74, 6) is -0.437. The Hall–Kier alpha value is -3.19. The van der Waals surface area contributed by atoms with Crippen LogP contribution in [-0.4, -0.2) is 37.6 Å². The van der Waals surface area contributed by atoms with E-state index in [0.29, 0.717) is 11.4 Å². The van der Waals surface area contributed by atoms with Gasteiger partial charge in [-0.1, -0.05) is 48.5 Å². The SMILES string of the molecule is COCC1=NC(NC(=O)OCc2ccccc2)C(=O)Nc2c(C)cccc21. The van der Waals surface area contributed by atoms with Crippen molar-refractivity contribution in [1.29, 1.82) is 0 Å². The van der Waals surface area contributed by atoms with E-state index < -0.39 is 18.2 Å². The number of hydrogen-bond acceptors (Lipinski definition) is 5. The first-order chi connectivity index (χ1) is 13.1. The number of nitrogens with one attached hydrogen (secondary N) is 2. The number of hydrogen-bond donors (Lipinski definition) is 2. The van der Waals surface area contributed by atoms with Crippen molar-refractivity contribution in [2.24, 2.45) is 4.99 Å². The molecule has 0 saturated carbocycles. The summed E-state index contributed by atoms with van der Waals surface area (Å²) in [6, 6.07) is 14.9. The van der Waals surface area contributed by atoms with E-state index in [4.69, 9.17) is 9.47 Å². The van der Waals surface area contributed by atoms with Crippen LogP contribution in [0.25, 0.3) is 0 Å². The molecular weight excluding hydrogens is 346 g/mol. The van der Waals surface area contributed by atoms with E-state index in [1.54, 1.807) is 7.11 Å². The minimum Gasteiger partial charge on any atom is -0.445 e. The van der Waals surface area contributed by atoms with Gasteiger partial charge in [-0.2, -0.15) is 0 Å². The summed E-state index contributed by atoms with van der Waals surface area (Å²) < 4.78 is 10.4. The van der Waals surface area contributed by atoms with Crippen LogP contribution in [0.3, 0.4) is 0 Å². The molecule has 27 heavy (non-hydrogen) atoms. The molecule has 0 aliphatic carbocycles. The molecule has 0 aromatic heterocycles. The molecule has 0 saturated heterocycles. The zero-order valence-electron chi connectivity index (χ0n) is 15.2. The van der Waals surface area contributed by atoms with Gasteiger partial charge in [0.25, 0.3) is 5.91 Å². The second-order valence-corrected chi connectivity index (χ2v) is 6.10. The van der Waals surface area contributed by atoms with E-state index in [9.17, 15) is 9.59 Å². The smallest absolute Gasteiger partial charge is 0.409 e. The lowest BCUT2D eigenvalue weighted by Crippen LogP contribution is -2.42.